The van der Waals surface area contributed by atoms with Gasteiger partial charge in [-0.2, -0.15) is 0 Å². The van der Waals surface area contributed by atoms with Gasteiger partial charge in [0.15, 0.2) is 0 Å². The number of carboxylic acid groups (broad SMARTS) is 1. The van der Waals surface area contributed by atoms with E-state index in [1.807, 2.05) is 30.3 Å². The fourth-order valence-electron chi connectivity index (χ4n) is 2.49. The number of ether oxygens (including phenoxy) is 1. The fourth-order valence-corrected chi connectivity index (χ4v) is 3.63. The number of nitrogens with one attached hydrogen (secondary N) is 2. The minimum Gasteiger partial charge on any atom is -0.480 e. The second-order valence-electron chi connectivity index (χ2n) is 5.91. The number of para-hydroxylation sites is 1. The van der Waals surface area contributed by atoms with Gasteiger partial charge in [-0.3, -0.25) is 9.59 Å². The van der Waals surface area contributed by atoms with Crippen molar-refractivity contribution in [1.29, 1.82) is 0 Å². The van der Waals surface area contributed by atoms with Crippen molar-refractivity contribution in [2.45, 2.75) is 17.7 Å². The Balaban J connectivity index is 1.51. The van der Waals surface area contributed by atoms with Gasteiger partial charge in [-0.15, -0.1) is 11.8 Å². The highest BCUT2D eigenvalue weighted by Crippen LogP contribution is 2.24. The van der Waals surface area contributed by atoms with Gasteiger partial charge in [0.1, 0.15) is 17.5 Å². The molecule has 1 heterocycles. The number of amides is 2. The maximum atomic E-state index is 12.2. The van der Waals surface area contributed by atoms with Crippen LogP contribution in [0.1, 0.15) is 6.42 Å². The van der Waals surface area contributed by atoms with Crippen molar-refractivity contribution in [3.63, 3.8) is 0 Å². The van der Waals surface area contributed by atoms with Crippen LogP contribution in [0, 0.1) is 0 Å². The maximum Gasteiger partial charge on any atom is 0.327 e. The minimum absolute atomic E-state index is 0.0227. The second-order valence-corrected chi connectivity index (χ2v) is 7.15. The summed E-state index contributed by atoms with van der Waals surface area (Å²) in [5.74, 6) is -0.217. The molecule has 3 N–H and O–H groups in total. The summed E-state index contributed by atoms with van der Waals surface area (Å²) >= 11 is 1.18. The molecule has 7 nitrogen and oxygen atoms in total. The van der Waals surface area contributed by atoms with Crippen LogP contribution in [0.2, 0.25) is 0 Å². The number of carbonyl (C=O) groups excluding carboxylic acids is 2. The Hall–Kier alpha value is -3.00. The molecule has 0 saturated carbocycles. The Kier molecular flexibility index (Phi) is 5.97. The molecule has 1 saturated heterocycles. The van der Waals surface area contributed by atoms with Crippen LogP contribution in [0.25, 0.3) is 0 Å². The minimum atomic E-state index is -1.07. The molecule has 27 heavy (non-hydrogen) atoms. The van der Waals surface area contributed by atoms with E-state index >= 15 is 0 Å². The fraction of sp³-hybridized carbons (Fsp3) is 0.211. The SMILES string of the molecule is O=C(C[C@H]1SC[C@@H](C(=O)O)NC1=O)Nc1ccc(Oc2ccccc2)cc1. The van der Waals surface area contributed by atoms with Gasteiger partial charge in [-0.1, -0.05) is 18.2 Å². The predicted molar refractivity (Wildman–Crippen MR) is 102 cm³/mol. The third-order valence-corrected chi connectivity index (χ3v) is 5.17. The largest absolute Gasteiger partial charge is 0.480 e. The summed E-state index contributed by atoms with van der Waals surface area (Å²) in [4.78, 5) is 35.0. The molecule has 2 atom stereocenters. The summed E-state index contributed by atoms with van der Waals surface area (Å²) < 4.78 is 5.69. The Bertz CT molecular complexity index is 826. The molecule has 2 amide bonds. The van der Waals surface area contributed by atoms with Gasteiger partial charge in [0.25, 0.3) is 0 Å². The topological polar surface area (TPSA) is 105 Å². The zero-order valence-electron chi connectivity index (χ0n) is 14.3. The zero-order chi connectivity index (χ0) is 19.2. The van der Waals surface area contributed by atoms with Crippen molar-refractivity contribution in [3.8, 4) is 11.5 Å². The first kappa shape index (κ1) is 18.8. The van der Waals surface area contributed by atoms with Crippen LogP contribution in [-0.4, -0.2) is 39.9 Å². The second kappa shape index (κ2) is 8.59. The van der Waals surface area contributed by atoms with E-state index in [1.165, 1.54) is 11.8 Å². The van der Waals surface area contributed by atoms with E-state index in [2.05, 4.69) is 10.6 Å². The number of anilines is 1. The first-order chi connectivity index (χ1) is 13.0. The summed E-state index contributed by atoms with van der Waals surface area (Å²) in [7, 11) is 0. The lowest BCUT2D eigenvalue weighted by Gasteiger charge is -2.25. The first-order valence-corrected chi connectivity index (χ1v) is 9.34. The van der Waals surface area contributed by atoms with Crippen molar-refractivity contribution in [3.05, 3.63) is 54.6 Å². The molecular weight excluding hydrogens is 368 g/mol. The number of hydrogen-bond acceptors (Lipinski definition) is 5. The lowest BCUT2D eigenvalue weighted by molar-refractivity contribution is -0.141. The number of thioether (sulfide) groups is 1. The van der Waals surface area contributed by atoms with Crippen LogP contribution in [0.15, 0.2) is 54.6 Å². The normalized spacial score (nSPS) is 19.0. The van der Waals surface area contributed by atoms with Gasteiger partial charge in [0, 0.05) is 17.9 Å². The third-order valence-electron chi connectivity index (χ3n) is 3.86. The highest BCUT2D eigenvalue weighted by Gasteiger charge is 2.33. The van der Waals surface area contributed by atoms with Crippen molar-refractivity contribution < 1.29 is 24.2 Å². The third kappa shape index (κ3) is 5.24. The molecule has 140 valence electrons. The molecular formula is C19H18N2O5S. The van der Waals surface area contributed by atoms with Crippen LogP contribution in [0.4, 0.5) is 5.69 Å². The highest BCUT2D eigenvalue weighted by molar-refractivity contribution is 8.00. The average Bonchev–Trinajstić information content (AvgIpc) is 2.65. The van der Waals surface area contributed by atoms with Crippen LogP contribution < -0.4 is 15.4 Å². The molecule has 0 bridgehead atoms. The van der Waals surface area contributed by atoms with E-state index in [-0.39, 0.29) is 18.1 Å². The molecule has 8 heteroatoms. The standard InChI is InChI=1S/C19H18N2O5S/c22-17(10-16-18(23)21-15(11-27-16)19(24)25)20-12-6-8-14(9-7-12)26-13-4-2-1-3-5-13/h1-9,15-16H,10-11H2,(H,20,22)(H,21,23)(H,24,25)/t15-,16+/m0/s1. The molecule has 2 aromatic carbocycles. The van der Waals surface area contributed by atoms with Gasteiger partial charge in [-0.05, 0) is 36.4 Å². The monoisotopic (exact) mass is 386 g/mol. The summed E-state index contributed by atoms with van der Waals surface area (Å²) in [5, 5.41) is 13.5. The first-order valence-electron chi connectivity index (χ1n) is 8.29. The van der Waals surface area contributed by atoms with E-state index in [9.17, 15) is 14.4 Å². The van der Waals surface area contributed by atoms with E-state index in [0.29, 0.717) is 17.2 Å². The van der Waals surface area contributed by atoms with Gasteiger partial charge < -0.3 is 20.5 Å². The quantitative estimate of drug-likeness (QED) is 0.705. The van der Waals surface area contributed by atoms with Gasteiger partial charge >= 0.3 is 5.97 Å². The molecule has 1 aliphatic heterocycles. The molecule has 0 aliphatic carbocycles. The molecule has 0 aromatic heterocycles. The van der Waals surface area contributed by atoms with Crippen molar-refractivity contribution in [1.82, 2.24) is 5.32 Å². The van der Waals surface area contributed by atoms with E-state index < -0.39 is 23.2 Å². The Morgan fingerprint density at radius 1 is 1.11 bits per heavy atom. The van der Waals surface area contributed by atoms with E-state index in [1.54, 1.807) is 24.3 Å². The van der Waals surface area contributed by atoms with Crippen molar-refractivity contribution in [2.75, 3.05) is 11.1 Å². The van der Waals surface area contributed by atoms with Crippen LogP contribution in [-0.2, 0) is 14.4 Å². The van der Waals surface area contributed by atoms with Crippen molar-refractivity contribution >= 4 is 35.2 Å². The molecule has 0 spiro atoms. The number of aliphatic carboxylic acids is 1. The predicted octanol–water partition coefficient (Wildman–Crippen LogP) is 2.49. The van der Waals surface area contributed by atoms with Crippen LogP contribution in [0.3, 0.4) is 0 Å². The molecule has 0 radical (unpaired) electrons. The lowest BCUT2D eigenvalue weighted by atomic mass is 10.2. The number of benzene rings is 2. The molecule has 0 unspecified atom stereocenters. The van der Waals surface area contributed by atoms with E-state index in [4.69, 9.17) is 9.84 Å². The molecule has 1 fully saturated rings. The summed E-state index contributed by atoms with van der Waals surface area (Å²) in [5.41, 5.74) is 0.588. The zero-order valence-corrected chi connectivity index (χ0v) is 15.1. The summed E-state index contributed by atoms with van der Waals surface area (Å²) in [6.07, 6.45) is -0.0227. The molecule has 1 aliphatic rings. The highest BCUT2D eigenvalue weighted by atomic mass is 32.2. The Morgan fingerprint density at radius 2 is 1.78 bits per heavy atom. The van der Waals surface area contributed by atoms with Gasteiger partial charge in [0.2, 0.25) is 11.8 Å². The average molecular weight is 386 g/mol. The Labute approximate surface area is 160 Å². The maximum absolute atomic E-state index is 12.2. The molecule has 2 aromatic rings. The lowest BCUT2D eigenvalue weighted by Crippen LogP contribution is -2.51. The van der Waals surface area contributed by atoms with Crippen molar-refractivity contribution in [2.24, 2.45) is 0 Å². The summed E-state index contributed by atoms with van der Waals surface area (Å²) in [6, 6.07) is 15.3. The van der Waals surface area contributed by atoms with Crippen LogP contribution in [0.5, 0.6) is 11.5 Å². The Morgan fingerprint density at radius 3 is 2.41 bits per heavy atom. The van der Waals surface area contributed by atoms with Gasteiger partial charge in [-0.25, -0.2) is 4.79 Å². The number of carboxylic acids is 1. The summed E-state index contributed by atoms with van der Waals surface area (Å²) in [6.45, 7) is 0. The number of rotatable bonds is 6. The molecule has 3 rings (SSSR count). The number of hydrogen-bond donors (Lipinski definition) is 3. The van der Waals surface area contributed by atoms with E-state index in [0.717, 1.165) is 0 Å². The van der Waals surface area contributed by atoms with Crippen LogP contribution >= 0.6 is 11.8 Å². The smallest absolute Gasteiger partial charge is 0.327 e. The number of carbonyl (C=O) groups is 3. The van der Waals surface area contributed by atoms with Gasteiger partial charge in [0.05, 0.1) is 5.25 Å².